The molecule has 0 saturated heterocycles. The van der Waals surface area contributed by atoms with Gasteiger partial charge in [0.1, 0.15) is 0 Å². The van der Waals surface area contributed by atoms with E-state index in [1.165, 1.54) is 11.1 Å². The van der Waals surface area contributed by atoms with Crippen LogP contribution in [0, 0.1) is 0 Å². The van der Waals surface area contributed by atoms with Crippen LogP contribution in [0.15, 0.2) is 24.3 Å². The van der Waals surface area contributed by atoms with Crippen LogP contribution in [0.3, 0.4) is 0 Å². The average Bonchev–Trinajstić information content (AvgIpc) is 2.78. The molecule has 0 saturated carbocycles. The highest BCUT2D eigenvalue weighted by atomic mass is 32.2. The quantitative estimate of drug-likeness (QED) is 0.813. The van der Waals surface area contributed by atoms with E-state index in [9.17, 15) is 4.79 Å². The second kappa shape index (κ2) is 6.10. The van der Waals surface area contributed by atoms with E-state index in [4.69, 9.17) is 0 Å². The molecule has 1 amide bonds. The molecule has 0 bridgehead atoms. The number of thioether (sulfide) groups is 1. The third-order valence-corrected chi connectivity index (χ3v) is 3.97. The van der Waals surface area contributed by atoms with Gasteiger partial charge >= 0.3 is 0 Å². The number of fused-ring (bicyclic) bond motifs is 1. The molecule has 0 radical (unpaired) electrons. The summed E-state index contributed by atoms with van der Waals surface area (Å²) in [6.07, 6.45) is 5.16. The topological polar surface area (TPSA) is 29.1 Å². The number of carbonyl (C=O) groups excluding carboxylic acids is 1. The van der Waals surface area contributed by atoms with Crippen molar-refractivity contribution in [1.29, 1.82) is 0 Å². The first-order chi connectivity index (χ1) is 8.33. The number of rotatable bonds is 5. The fourth-order valence-electron chi connectivity index (χ4n) is 2.38. The summed E-state index contributed by atoms with van der Waals surface area (Å²) in [5.74, 6) is 1.40. The fourth-order valence-corrected chi connectivity index (χ4v) is 2.81. The predicted octanol–water partition coefficient (Wildman–Crippen LogP) is 2.59. The van der Waals surface area contributed by atoms with Crippen LogP contribution in [-0.4, -0.2) is 24.5 Å². The van der Waals surface area contributed by atoms with Crippen molar-refractivity contribution in [2.45, 2.75) is 25.2 Å². The summed E-state index contributed by atoms with van der Waals surface area (Å²) in [6.45, 7) is 0.804. The Kier molecular flexibility index (Phi) is 4.49. The first kappa shape index (κ1) is 12.5. The van der Waals surface area contributed by atoms with Gasteiger partial charge in [-0.1, -0.05) is 24.3 Å². The summed E-state index contributed by atoms with van der Waals surface area (Å²) in [5, 5.41) is 3.05. The molecule has 1 aliphatic carbocycles. The van der Waals surface area contributed by atoms with Crippen LogP contribution in [-0.2, 0) is 11.2 Å². The van der Waals surface area contributed by atoms with Gasteiger partial charge in [0.05, 0.1) is 5.92 Å². The number of carbonyl (C=O) groups is 1. The van der Waals surface area contributed by atoms with Crippen molar-refractivity contribution in [3.8, 4) is 0 Å². The van der Waals surface area contributed by atoms with E-state index >= 15 is 0 Å². The van der Waals surface area contributed by atoms with Crippen LogP contribution in [0.2, 0.25) is 0 Å². The molecular formula is C14H19NOS. The lowest BCUT2D eigenvalue weighted by Gasteiger charge is -2.11. The molecule has 0 spiro atoms. The SMILES string of the molecule is CSCCCNC(=O)[C@@H]1CCc2ccccc21. The van der Waals surface area contributed by atoms with E-state index in [2.05, 4.69) is 29.8 Å². The molecular weight excluding hydrogens is 230 g/mol. The van der Waals surface area contributed by atoms with Gasteiger partial charge in [-0.15, -0.1) is 0 Å². The van der Waals surface area contributed by atoms with Crippen LogP contribution >= 0.6 is 11.8 Å². The van der Waals surface area contributed by atoms with Crippen LogP contribution in [0.1, 0.15) is 29.9 Å². The number of hydrogen-bond acceptors (Lipinski definition) is 2. The average molecular weight is 249 g/mol. The highest BCUT2D eigenvalue weighted by Crippen LogP contribution is 2.32. The molecule has 0 aromatic heterocycles. The molecule has 1 aromatic rings. The van der Waals surface area contributed by atoms with E-state index in [1.54, 1.807) is 0 Å². The van der Waals surface area contributed by atoms with Crippen molar-refractivity contribution in [1.82, 2.24) is 5.32 Å². The minimum atomic E-state index is 0.0838. The molecule has 92 valence electrons. The largest absolute Gasteiger partial charge is 0.356 e. The Hall–Kier alpha value is -0.960. The molecule has 1 aromatic carbocycles. The fraction of sp³-hybridized carbons (Fsp3) is 0.500. The van der Waals surface area contributed by atoms with Crippen LogP contribution in [0.25, 0.3) is 0 Å². The first-order valence-corrected chi connectivity index (χ1v) is 7.56. The molecule has 17 heavy (non-hydrogen) atoms. The molecule has 2 rings (SSSR count). The van der Waals surface area contributed by atoms with E-state index in [0.29, 0.717) is 0 Å². The van der Waals surface area contributed by atoms with Crippen LogP contribution < -0.4 is 5.32 Å². The van der Waals surface area contributed by atoms with Gasteiger partial charge in [-0.2, -0.15) is 11.8 Å². The summed E-state index contributed by atoms with van der Waals surface area (Å²) in [5.41, 5.74) is 2.58. The molecule has 0 fully saturated rings. The van der Waals surface area contributed by atoms with E-state index in [-0.39, 0.29) is 11.8 Å². The van der Waals surface area contributed by atoms with Gasteiger partial charge in [0, 0.05) is 6.54 Å². The lowest BCUT2D eigenvalue weighted by Crippen LogP contribution is -2.29. The van der Waals surface area contributed by atoms with Crippen molar-refractivity contribution in [3.05, 3.63) is 35.4 Å². The summed E-state index contributed by atoms with van der Waals surface area (Å²) in [6, 6.07) is 8.31. The monoisotopic (exact) mass is 249 g/mol. The van der Waals surface area contributed by atoms with Crippen molar-refractivity contribution >= 4 is 17.7 Å². The van der Waals surface area contributed by atoms with Gasteiger partial charge in [-0.3, -0.25) is 4.79 Å². The van der Waals surface area contributed by atoms with E-state index in [0.717, 1.165) is 31.6 Å². The molecule has 1 atom stereocenters. The van der Waals surface area contributed by atoms with Crippen molar-refractivity contribution in [3.63, 3.8) is 0 Å². The number of amides is 1. The Balaban J connectivity index is 1.89. The zero-order valence-corrected chi connectivity index (χ0v) is 11.1. The number of hydrogen-bond donors (Lipinski definition) is 1. The number of aryl methyl sites for hydroxylation is 1. The van der Waals surface area contributed by atoms with E-state index in [1.807, 2.05) is 17.8 Å². The van der Waals surface area contributed by atoms with Crippen LogP contribution in [0.5, 0.6) is 0 Å². The van der Waals surface area contributed by atoms with Gasteiger partial charge < -0.3 is 5.32 Å². The molecule has 2 nitrogen and oxygen atoms in total. The minimum Gasteiger partial charge on any atom is -0.356 e. The molecule has 1 aliphatic rings. The zero-order valence-electron chi connectivity index (χ0n) is 10.2. The third kappa shape index (κ3) is 3.03. The third-order valence-electron chi connectivity index (χ3n) is 3.27. The maximum atomic E-state index is 12.1. The zero-order chi connectivity index (χ0) is 12.1. The summed E-state index contributed by atoms with van der Waals surface area (Å²) in [7, 11) is 0. The highest BCUT2D eigenvalue weighted by molar-refractivity contribution is 7.98. The van der Waals surface area contributed by atoms with Crippen LogP contribution in [0.4, 0.5) is 0 Å². The summed E-state index contributed by atoms with van der Waals surface area (Å²) < 4.78 is 0. The smallest absolute Gasteiger partial charge is 0.227 e. The first-order valence-electron chi connectivity index (χ1n) is 6.17. The second-order valence-corrected chi connectivity index (χ2v) is 5.41. The molecule has 3 heteroatoms. The van der Waals surface area contributed by atoms with Crippen molar-refractivity contribution in [2.24, 2.45) is 0 Å². The van der Waals surface area contributed by atoms with Gasteiger partial charge in [-0.05, 0) is 42.4 Å². The molecule has 0 heterocycles. The second-order valence-electron chi connectivity index (χ2n) is 4.43. The predicted molar refractivity (Wildman–Crippen MR) is 73.5 cm³/mol. The number of nitrogens with one attached hydrogen (secondary N) is 1. The maximum absolute atomic E-state index is 12.1. The maximum Gasteiger partial charge on any atom is 0.227 e. The van der Waals surface area contributed by atoms with E-state index < -0.39 is 0 Å². The Morgan fingerprint density at radius 3 is 3.12 bits per heavy atom. The minimum absolute atomic E-state index is 0.0838. The van der Waals surface area contributed by atoms with Gasteiger partial charge in [-0.25, -0.2) is 0 Å². The van der Waals surface area contributed by atoms with Crippen molar-refractivity contribution in [2.75, 3.05) is 18.6 Å². The van der Waals surface area contributed by atoms with Gasteiger partial charge in [0.25, 0.3) is 0 Å². The molecule has 0 aliphatic heterocycles. The Bertz CT molecular complexity index is 392. The van der Waals surface area contributed by atoms with Gasteiger partial charge in [0.15, 0.2) is 0 Å². The standard InChI is InChI=1S/C14H19NOS/c1-17-10-4-9-15-14(16)13-8-7-11-5-2-3-6-12(11)13/h2-3,5-6,13H,4,7-10H2,1H3,(H,15,16)/t13-/m1/s1. The normalized spacial score (nSPS) is 17.8. The summed E-state index contributed by atoms with van der Waals surface area (Å²) >= 11 is 1.82. The lowest BCUT2D eigenvalue weighted by molar-refractivity contribution is -0.122. The van der Waals surface area contributed by atoms with Crippen molar-refractivity contribution < 1.29 is 4.79 Å². The number of benzene rings is 1. The highest BCUT2D eigenvalue weighted by Gasteiger charge is 2.27. The molecule has 1 N–H and O–H groups in total. The Morgan fingerprint density at radius 1 is 1.47 bits per heavy atom. The Labute approximate surface area is 107 Å². The molecule has 0 unspecified atom stereocenters. The summed E-state index contributed by atoms with van der Waals surface area (Å²) in [4.78, 5) is 12.1. The Morgan fingerprint density at radius 2 is 2.29 bits per heavy atom. The lowest BCUT2D eigenvalue weighted by atomic mass is 10.0. The van der Waals surface area contributed by atoms with Gasteiger partial charge in [0.2, 0.25) is 5.91 Å².